The van der Waals surface area contributed by atoms with E-state index in [9.17, 15) is 4.39 Å². The molecule has 0 amide bonds. The van der Waals surface area contributed by atoms with Crippen LogP contribution < -0.4 is 0 Å². The molecular formula is C12H6Cl2FN5. The van der Waals surface area contributed by atoms with E-state index in [4.69, 9.17) is 23.2 Å². The van der Waals surface area contributed by atoms with Gasteiger partial charge in [0.1, 0.15) is 21.8 Å². The number of rotatable bonds is 2. The van der Waals surface area contributed by atoms with Gasteiger partial charge in [0.2, 0.25) is 0 Å². The quantitative estimate of drug-likeness (QED) is 0.737. The van der Waals surface area contributed by atoms with E-state index < -0.39 is 5.82 Å². The second-order valence-electron chi connectivity index (χ2n) is 3.87. The van der Waals surface area contributed by atoms with Gasteiger partial charge in [0.25, 0.3) is 0 Å². The molecule has 100 valence electrons. The first-order valence-corrected chi connectivity index (χ1v) is 6.26. The molecule has 0 atom stereocenters. The summed E-state index contributed by atoms with van der Waals surface area (Å²) in [5, 5.41) is 10.2. The van der Waals surface area contributed by atoms with Gasteiger partial charge in [-0.3, -0.25) is 0 Å². The van der Waals surface area contributed by atoms with Crippen molar-refractivity contribution < 1.29 is 4.39 Å². The first kappa shape index (κ1) is 13.0. The van der Waals surface area contributed by atoms with Gasteiger partial charge in [-0.1, -0.05) is 35.3 Å². The van der Waals surface area contributed by atoms with Crippen LogP contribution in [0.5, 0.6) is 0 Å². The number of aromatic nitrogens is 5. The molecule has 0 spiro atoms. The van der Waals surface area contributed by atoms with Crippen LogP contribution in [0.25, 0.3) is 22.6 Å². The summed E-state index contributed by atoms with van der Waals surface area (Å²) in [7, 11) is 0. The Kier molecular flexibility index (Phi) is 3.33. The minimum atomic E-state index is -0.393. The van der Waals surface area contributed by atoms with Crippen molar-refractivity contribution >= 4 is 23.2 Å². The van der Waals surface area contributed by atoms with Crippen LogP contribution in [-0.2, 0) is 0 Å². The lowest BCUT2D eigenvalue weighted by Crippen LogP contribution is -1.95. The molecular weight excluding hydrogens is 304 g/mol. The molecule has 0 saturated heterocycles. The van der Waals surface area contributed by atoms with E-state index in [0.29, 0.717) is 16.8 Å². The zero-order valence-electron chi connectivity index (χ0n) is 9.81. The molecule has 1 aromatic carbocycles. The third-order valence-corrected chi connectivity index (χ3v) is 3.13. The lowest BCUT2D eigenvalue weighted by atomic mass is 10.1. The van der Waals surface area contributed by atoms with Crippen molar-refractivity contribution in [1.82, 2.24) is 25.4 Å². The molecule has 0 aliphatic heterocycles. The monoisotopic (exact) mass is 309 g/mol. The molecule has 0 fully saturated rings. The number of aromatic amines is 1. The fourth-order valence-corrected chi connectivity index (χ4v) is 2.32. The fourth-order valence-electron chi connectivity index (χ4n) is 1.71. The number of nitrogens with zero attached hydrogens (tertiary/aromatic N) is 4. The maximum Gasteiger partial charge on any atom is 0.184 e. The summed E-state index contributed by atoms with van der Waals surface area (Å²) in [6.07, 6.45) is 1.45. The predicted octanol–water partition coefficient (Wildman–Crippen LogP) is 3.37. The lowest BCUT2D eigenvalue weighted by Gasteiger charge is -2.07. The molecule has 0 saturated carbocycles. The normalized spacial score (nSPS) is 10.8. The molecule has 0 aliphatic rings. The Labute approximate surface area is 122 Å². The number of hydrogen-bond acceptors (Lipinski definition) is 4. The predicted molar refractivity (Wildman–Crippen MR) is 72.8 cm³/mol. The number of H-pyrrole nitrogens is 1. The van der Waals surface area contributed by atoms with Crippen LogP contribution in [0, 0.1) is 5.82 Å². The molecule has 3 aromatic rings. The van der Waals surface area contributed by atoms with Crippen molar-refractivity contribution in [3.8, 4) is 22.6 Å². The highest BCUT2D eigenvalue weighted by Crippen LogP contribution is 2.33. The van der Waals surface area contributed by atoms with Crippen LogP contribution in [0.15, 0.2) is 30.5 Å². The fraction of sp³-hybridized carbons (Fsp3) is 0. The van der Waals surface area contributed by atoms with Crippen LogP contribution in [-0.4, -0.2) is 25.4 Å². The van der Waals surface area contributed by atoms with E-state index in [-0.39, 0.29) is 16.1 Å². The van der Waals surface area contributed by atoms with E-state index in [1.807, 2.05) is 0 Å². The Bertz CT molecular complexity index is 737. The van der Waals surface area contributed by atoms with Crippen LogP contribution in [0.3, 0.4) is 0 Å². The van der Waals surface area contributed by atoms with E-state index in [1.54, 1.807) is 12.1 Å². The SMILES string of the molecule is Fc1cccc(-c2c(Cl)nc(-c3cn[nH]n3)nc2Cl)c1. The second-order valence-corrected chi connectivity index (χ2v) is 4.59. The van der Waals surface area contributed by atoms with Crippen molar-refractivity contribution in [2.45, 2.75) is 0 Å². The standard InChI is InChI=1S/C12H6Cl2FN5/c13-10-9(6-2-1-3-7(15)4-6)11(14)18-12(17-10)8-5-16-20-19-8/h1-5H,(H,16,19,20). The van der Waals surface area contributed by atoms with E-state index in [0.717, 1.165) is 0 Å². The molecule has 5 nitrogen and oxygen atoms in total. The van der Waals surface area contributed by atoms with Gasteiger partial charge in [-0.2, -0.15) is 15.4 Å². The minimum Gasteiger partial charge on any atom is -0.214 e. The average Bonchev–Trinajstić information content (AvgIpc) is 2.91. The van der Waals surface area contributed by atoms with Gasteiger partial charge in [0, 0.05) is 0 Å². The molecule has 0 unspecified atom stereocenters. The van der Waals surface area contributed by atoms with Crippen molar-refractivity contribution in [3.63, 3.8) is 0 Å². The third-order valence-electron chi connectivity index (χ3n) is 2.58. The topological polar surface area (TPSA) is 67.3 Å². The molecule has 2 aromatic heterocycles. The molecule has 1 N–H and O–H groups in total. The van der Waals surface area contributed by atoms with Gasteiger partial charge in [0.15, 0.2) is 5.82 Å². The zero-order chi connectivity index (χ0) is 14.1. The highest BCUT2D eigenvalue weighted by Gasteiger charge is 2.16. The highest BCUT2D eigenvalue weighted by molar-refractivity contribution is 6.37. The van der Waals surface area contributed by atoms with E-state index in [1.165, 1.54) is 18.3 Å². The second kappa shape index (κ2) is 5.15. The van der Waals surface area contributed by atoms with E-state index >= 15 is 0 Å². The summed E-state index contributed by atoms with van der Waals surface area (Å²) in [5.74, 6) is -0.149. The Morgan fingerprint density at radius 1 is 1.10 bits per heavy atom. The summed E-state index contributed by atoms with van der Waals surface area (Å²) in [4.78, 5) is 8.21. The van der Waals surface area contributed by atoms with Gasteiger partial charge in [-0.15, -0.1) is 0 Å². The van der Waals surface area contributed by atoms with Gasteiger partial charge in [-0.05, 0) is 17.7 Å². The molecule has 8 heteroatoms. The summed E-state index contributed by atoms with van der Waals surface area (Å²) in [6.45, 7) is 0. The van der Waals surface area contributed by atoms with Gasteiger partial charge in [0.05, 0.1) is 11.8 Å². The number of nitrogens with one attached hydrogen (secondary N) is 1. The maximum atomic E-state index is 13.3. The van der Waals surface area contributed by atoms with Crippen molar-refractivity contribution in [2.75, 3.05) is 0 Å². The molecule has 0 aliphatic carbocycles. The largest absolute Gasteiger partial charge is 0.214 e. The molecule has 3 rings (SSSR count). The van der Waals surface area contributed by atoms with Crippen molar-refractivity contribution in [3.05, 3.63) is 46.6 Å². The van der Waals surface area contributed by atoms with E-state index in [2.05, 4.69) is 25.4 Å². The van der Waals surface area contributed by atoms with Gasteiger partial charge >= 0.3 is 0 Å². The Hall–Kier alpha value is -2.05. The van der Waals surface area contributed by atoms with Crippen LogP contribution in [0.4, 0.5) is 4.39 Å². The molecule has 0 radical (unpaired) electrons. The van der Waals surface area contributed by atoms with Gasteiger partial charge in [-0.25, -0.2) is 14.4 Å². The number of halogens is 3. The number of hydrogen-bond donors (Lipinski definition) is 1. The summed E-state index contributed by atoms with van der Waals surface area (Å²) < 4.78 is 13.3. The first-order valence-electron chi connectivity index (χ1n) is 5.50. The lowest BCUT2D eigenvalue weighted by molar-refractivity contribution is 0.628. The van der Waals surface area contributed by atoms with Crippen LogP contribution in [0.2, 0.25) is 10.3 Å². The number of benzene rings is 1. The highest BCUT2D eigenvalue weighted by atomic mass is 35.5. The summed E-state index contributed by atoms with van der Waals surface area (Å²) in [5.41, 5.74) is 1.30. The Morgan fingerprint density at radius 2 is 1.85 bits per heavy atom. The summed E-state index contributed by atoms with van der Waals surface area (Å²) in [6, 6.07) is 5.88. The smallest absolute Gasteiger partial charge is 0.184 e. The van der Waals surface area contributed by atoms with Crippen molar-refractivity contribution in [2.24, 2.45) is 0 Å². The third kappa shape index (κ3) is 2.35. The molecule has 0 bridgehead atoms. The first-order chi connectivity index (χ1) is 9.65. The average molecular weight is 310 g/mol. The minimum absolute atomic E-state index is 0.119. The Balaban J connectivity index is 2.14. The van der Waals surface area contributed by atoms with Crippen molar-refractivity contribution in [1.29, 1.82) is 0 Å². The van der Waals surface area contributed by atoms with Gasteiger partial charge < -0.3 is 0 Å². The molecule has 2 heterocycles. The maximum absolute atomic E-state index is 13.3. The van der Waals surface area contributed by atoms with Crippen LogP contribution in [0.1, 0.15) is 0 Å². The summed E-state index contributed by atoms with van der Waals surface area (Å²) >= 11 is 12.2. The van der Waals surface area contributed by atoms with Crippen LogP contribution >= 0.6 is 23.2 Å². The molecule has 20 heavy (non-hydrogen) atoms. The Morgan fingerprint density at radius 3 is 2.45 bits per heavy atom. The zero-order valence-corrected chi connectivity index (χ0v) is 11.3.